The molecule has 0 aromatic heterocycles. The molecule has 0 radical (unpaired) electrons. The van der Waals surface area contributed by atoms with Gasteiger partial charge in [0, 0.05) is 0 Å². The van der Waals surface area contributed by atoms with Crippen molar-refractivity contribution in [2.24, 2.45) is 0 Å². The maximum Gasteiger partial charge on any atom is -0.00111 e. The number of hydrogen-bond acceptors (Lipinski definition) is 0. The number of benzene rings is 6. The fourth-order valence-electron chi connectivity index (χ4n) is 12.4. The molecule has 6 aromatic carbocycles. The predicted octanol–water partition coefficient (Wildman–Crippen LogP) is 22.7. The van der Waals surface area contributed by atoms with Crippen LogP contribution < -0.4 is 0 Å². The molecule has 0 atom stereocenters. The van der Waals surface area contributed by atoms with Gasteiger partial charge < -0.3 is 0 Å². The molecule has 0 saturated carbocycles. The van der Waals surface area contributed by atoms with Crippen molar-refractivity contribution in [1.82, 2.24) is 0 Å². The van der Waals surface area contributed by atoms with Gasteiger partial charge in [-0.1, -0.05) is 273 Å². The van der Waals surface area contributed by atoms with Crippen molar-refractivity contribution in [3.63, 3.8) is 0 Å². The van der Waals surface area contributed by atoms with Gasteiger partial charge in [-0.2, -0.15) is 0 Å². The highest BCUT2D eigenvalue weighted by Crippen LogP contribution is 2.57. The van der Waals surface area contributed by atoms with Crippen molar-refractivity contribution in [2.75, 3.05) is 0 Å². The fraction of sp³-hybridized carbons (Fsp3) is 0.526. The Bertz CT molecular complexity index is 3080. The molecule has 76 heavy (non-hydrogen) atoms. The predicted molar refractivity (Wildman–Crippen MR) is 341 cm³/mol. The highest BCUT2D eigenvalue weighted by molar-refractivity contribution is 6.09. The molecule has 6 aromatic rings. The molecule has 0 heterocycles. The van der Waals surface area contributed by atoms with Crippen LogP contribution in [0.15, 0.2) is 84.9 Å². The van der Waals surface area contributed by atoms with E-state index >= 15 is 0 Å². The van der Waals surface area contributed by atoms with E-state index in [1.54, 1.807) is 0 Å². The van der Waals surface area contributed by atoms with E-state index < -0.39 is 0 Å². The Hall–Kier alpha value is -4.68. The summed E-state index contributed by atoms with van der Waals surface area (Å²) in [5, 5.41) is 0. The van der Waals surface area contributed by atoms with Crippen LogP contribution in [-0.2, 0) is 69.0 Å². The van der Waals surface area contributed by atoms with Gasteiger partial charge in [0.25, 0.3) is 0 Å². The Morgan fingerprint density at radius 3 is 0.724 bits per heavy atom. The maximum absolute atomic E-state index is 2.72. The van der Waals surface area contributed by atoms with Crippen LogP contribution in [0.5, 0.6) is 0 Å². The van der Waals surface area contributed by atoms with Gasteiger partial charge in [-0.15, -0.1) is 0 Å². The minimum atomic E-state index is -0.193. The third-order valence-corrected chi connectivity index (χ3v) is 16.5. The zero-order valence-electron chi connectivity index (χ0n) is 53.9. The molecule has 0 fully saturated rings. The zero-order valence-corrected chi connectivity index (χ0v) is 53.9. The summed E-state index contributed by atoms with van der Waals surface area (Å²) in [6.45, 7) is 67.8. The van der Waals surface area contributed by atoms with E-state index in [0.717, 1.165) is 25.7 Å². The average Bonchev–Trinajstić information content (AvgIpc) is 3.29. The lowest BCUT2D eigenvalue weighted by atomic mass is 9.67. The van der Waals surface area contributed by atoms with E-state index in [4.69, 9.17) is 0 Å². The normalized spacial score (nSPS) is 13.5. The monoisotopic (exact) mass is 1020 g/mol. The van der Waals surface area contributed by atoms with Crippen molar-refractivity contribution in [3.05, 3.63) is 152 Å². The first-order chi connectivity index (χ1) is 34.6. The molecule has 0 aliphatic carbocycles. The van der Waals surface area contributed by atoms with E-state index in [9.17, 15) is 0 Å². The Morgan fingerprint density at radius 2 is 0.461 bits per heavy atom. The first-order valence-electron chi connectivity index (χ1n) is 29.6. The van der Waals surface area contributed by atoms with Crippen LogP contribution in [0.1, 0.15) is 261 Å². The summed E-state index contributed by atoms with van der Waals surface area (Å²) in [7, 11) is 0. The molecule has 0 amide bonds. The minimum Gasteiger partial charge on any atom is -0.0622 e. The van der Waals surface area contributed by atoms with Crippen molar-refractivity contribution in [3.8, 4) is 55.6 Å². The van der Waals surface area contributed by atoms with Gasteiger partial charge in [0.1, 0.15) is 0 Å². The first kappa shape index (κ1) is 60.5. The highest BCUT2D eigenvalue weighted by atomic mass is 14.4. The quantitative estimate of drug-likeness (QED) is 0.135. The molecule has 410 valence electrons. The molecule has 0 spiro atoms. The summed E-state index contributed by atoms with van der Waals surface area (Å²) in [5.74, 6) is 0. The van der Waals surface area contributed by atoms with E-state index in [-0.39, 0.29) is 43.3 Å². The summed E-state index contributed by atoms with van der Waals surface area (Å²) in [6, 6.07) is 35.5. The lowest BCUT2D eigenvalue weighted by molar-refractivity contribution is 0.563. The van der Waals surface area contributed by atoms with Gasteiger partial charge in [-0.05, 0) is 197 Å². The van der Waals surface area contributed by atoms with Crippen LogP contribution in [0.4, 0.5) is 0 Å². The summed E-state index contributed by atoms with van der Waals surface area (Å²) in [5.41, 5.74) is 29.6. The largest absolute Gasteiger partial charge is 0.0622 e. The molecule has 0 aliphatic rings. The topological polar surface area (TPSA) is 0 Å². The summed E-state index contributed by atoms with van der Waals surface area (Å²) < 4.78 is 0. The van der Waals surface area contributed by atoms with Crippen LogP contribution in [0, 0.1) is 0 Å². The molecule has 0 unspecified atom stereocenters. The van der Waals surface area contributed by atoms with Crippen LogP contribution in [0.25, 0.3) is 55.6 Å². The number of aryl methyl sites for hydroxylation is 4. The molecule has 0 bridgehead atoms. The minimum absolute atomic E-state index is 0.0220. The van der Waals surface area contributed by atoms with Crippen LogP contribution >= 0.6 is 0 Å². The second-order valence-corrected chi connectivity index (χ2v) is 31.1. The highest BCUT2D eigenvalue weighted by Gasteiger charge is 2.37. The van der Waals surface area contributed by atoms with Crippen molar-refractivity contribution in [1.29, 1.82) is 0 Å². The molecular weight excluding hydrogens is 913 g/mol. The van der Waals surface area contributed by atoms with Gasteiger partial charge >= 0.3 is 0 Å². The van der Waals surface area contributed by atoms with E-state index in [1.807, 2.05) is 0 Å². The van der Waals surface area contributed by atoms with Crippen LogP contribution in [0.2, 0.25) is 0 Å². The lowest BCUT2D eigenvalue weighted by Gasteiger charge is -2.36. The molecule has 0 heteroatoms. The van der Waals surface area contributed by atoms with Crippen molar-refractivity contribution in [2.45, 2.75) is 263 Å². The van der Waals surface area contributed by atoms with Crippen LogP contribution in [-0.4, -0.2) is 0 Å². The Morgan fingerprint density at radius 1 is 0.224 bits per heavy atom. The van der Waals surface area contributed by atoms with Gasteiger partial charge in [0.2, 0.25) is 0 Å². The fourth-order valence-corrected chi connectivity index (χ4v) is 12.4. The second kappa shape index (κ2) is 20.8. The van der Waals surface area contributed by atoms with E-state index in [0.29, 0.717) is 0 Å². The second-order valence-electron chi connectivity index (χ2n) is 31.1. The maximum atomic E-state index is 2.72. The summed E-state index contributed by atoms with van der Waals surface area (Å²) in [6.07, 6.45) is 3.82. The lowest BCUT2D eigenvalue weighted by Crippen LogP contribution is -2.22. The van der Waals surface area contributed by atoms with Crippen molar-refractivity contribution >= 4 is 0 Å². The van der Waals surface area contributed by atoms with Gasteiger partial charge in [-0.25, -0.2) is 0 Å². The SMILES string of the molecule is CCc1cc(-c2cc(-c3cc(CC)c(C(C)(C)C)cc3C(C)(C)C)c(-c3cc(CC)c(C(C)(C)C)cc3C(C)(C)C)c(-c3cc(CC)c(C(C)(C)C)cc3C(C)(C)C)c2-c2ccccc2)c(C(C)(C)C)cc1C(C)(C)C. The van der Waals surface area contributed by atoms with Gasteiger partial charge in [0.05, 0.1) is 0 Å². The van der Waals surface area contributed by atoms with Crippen molar-refractivity contribution < 1.29 is 0 Å². The van der Waals surface area contributed by atoms with E-state index in [2.05, 4.69) is 279 Å². The first-order valence-corrected chi connectivity index (χ1v) is 29.6. The van der Waals surface area contributed by atoms with Gasteiger partial charge in [0.15, 0.2) is 0 Å². The number of rotatable bonds is 9. The number of hydrogen-bond donors (Lipinski definition) is 0. The smallest absolute Gasteiger partial charge is 0.00111 e. The Balaban J connectivity index is 2.23. The van der Waals surface area contributed by atoms with E-state index in [1.165, 1.54) is 122 Å². The summed E-state index contributed by atoms with van der Waals surface area (Å²) in [4.78, 5) is 0. The van der Waals surface area contributed by atoms with Gasteiger partial charge in [-0.3, -0.25) is 0 Å². The standard InChI is InChI=1S/C76H106/c1-29-47-38-52(62(73(17,18)19)43-58(47)69(5,6)7)54-42-55(53-39-48(30-2)59(70(8,9)10)44-63(53)74(20,21)22)67(56-40-49(31-3)60(71(11,12)13)45-64(56)75(23,24)25)68(66(54)51-36-34-33-35-37-51)57-41-50(32-4)61(72(14,15)16)46-65(57)76(26,27)28/h33-46H,29-32H2,1-28H3. The Labute approximate surface area is 467 Å². The third-order valence-electron chi connectivity index (χ3n) is 16.5. The zero-order chi connectivity index (χ0) is 57.4. The molecule has 0 aliphatic heterocycles. The molecule has 0 saturated heterocycles. The third kappa shape index (κ3) is 12.1. The Kier molecular flexibility index (Phi) is 16.6. The summed E-state index contributed by atoms with van der Waals surface area (Å²) >= 11 is 0. The molecular formula is C76H106. The molecule has 0 nitrogen and oxygen atoms in total. The average molecular weight is 1020 g/mol. The molecule has 0 N–H and O–H groups in total. The molecule has 6 rings (SSSR count). The van der Waals surface area contributed by atoms with Crippen LogP contribution in [0.3, 0.4) is 0 Å².